The van der Waals surface area contributed by atoms with Crippen molar-refractivity contribution in [1.29, 1.82) is 0 Å². The Hall–Kier alpha value is -3.63. The molecule has 2 amide bonds. The highest BCUT2D eigenvalue weighted by atomic mass is 16.6. The van der Waals surface area contributed by atoms with Gasteiger partial charge in [-0.05, 0) is 45.0 Å². The highest BCUT2D eigenvalue weighted by Crippen LogP contribution is 2.21. The van der Waals surface area contributed by atoms with Crippen LogP contribution in [0.15, 0.2) is 24.3 Å². The summed E-state index contributed by atoms with van der Waals surface area (Å²) < 4.78 is 5.15. The summed E-state index contributed by atoms with van der Waals surface area (Å²) in [5, 5.41) is 30.2. The molecule has 32 heavy (non-hydrogen) atoms. The molecule has 0 aliphatic heterocycles. The van der Waals surface area contributed by atoms with Crippen molar-refractivity contribution in [3.8, 4) is 11.4 Å². The van der Waals surface area contributed by atoms with Crippen LogP contribution in [0.4, 0.5) is 10.5 Å². The maximum absolute atomic E-state index is 12.1. The topological polar surface area (TPSA) is 156 Å². The van der Waals surface area contributed by atoms with Crippen molar-refractivity contribution in [2.24, 2.45) is 5.41 Å². The molecule has 1 atom stereocenters. The van der Waals surface area contributed by atoms with Gasteiger partial charge in [0.05, 0.1) is 6.42 Å². The number of aliphatic carboxylic acids is 1. The molecule has 0 spiro atoms. The first-order chi connectivity index (χ1) is 14.7. The van der Waals surface area contributed by atoms with Crippen molar-refractivity contribution in [2.75, 3.05) is 5.32 Å². The Morgan fingerprint density at radius 1 is 0.969 bits per heavy atom. The number of hydrogen-bond acceptors (Lipinski definition) is 8. The van der Waals surface area contributed by atoms with Crippen molar-refractivity contribution in [3.63, 3.8) is 0 Å². The number of carbonyl (C=O) groups excluding carboxylic acids is 2. The van der Waals surface area contributed by atoms with E-state index in [9.17, 15) is 14.4 Å². The minimum absolute atomic E-state index is 0.0592. The third-order valence-corrected chi connectivity index (χ3v) is 3.96. The highest BCUT2D eigenvalue weighted by Gasteiger charge is 2.25. The Morgan fingerprint density at radius 2 is 1.53 bits per heavy atom. The Bertz CT molecular complexity index is 962. The summed E-state index contributed by atoms with van der Waals surface area (Å²) in [7, 11) is 0. The van der Waals surface area contributed by atoms with Gasteiger partial charge in [-0.1, -0.05) is 20.8 Å². The molecule has 0 aliphatic rings. The number of alkyl carbamates (subject to hydrolysis) is 1. The number of carboxylic acid groups (broad SMARTS) is 1. The predicted molar refractivity (Wildman–Crippen MR) is 116 cm³/mol. The summed E-state index contributed by atoms with van der Waals surface area (Å²) in [5.41, 5.74) is -0.0578. The van der Waals surface area contributed by atoms with Crippen molar-refractivity contribution < 1.29 is 24.2 Å². The van der Waals surface area contributed by atoms with Crippen LogP contribution in [0.3, 0.4) is 0 Å². The largest absolute Gasteiger partial charge is 0.481 e. The molecule has 11 heteroatoms. The lowest BCUT2D eigenvalue weighted by molar-refractivity contribution is -0.137. The number of amides is 2. The molecular weight excluding hydrogens is 416 g/mol. The summed E-state index contributed by atoms with van der Waals surface area (Å²) in [6, 6.07) is 5.74. The fourth-order valence-corrected chi connectivity index (χ4v) is 2.34. The number of hydrogen-bond donors (Lipinski definition) is 3. The van der Waals surface area contributed by atoms with E-state index in [1.54, 1.807) is 45.0 Å². The van der Waals surface area contributed by atoms with Gasteiger partial charge in [0.15, 0.2) is 5.82 Å². The van der Waals surface area contributed by atoms with Crippen LogP contribution in [0.5, 0.6) is 0 Å². The van der Waals surface area contributed by atoms with Gasteiger partial charge in [0.1, 0.15) is 11.6 Å². The lowest BCUT2D eigenvalue weighted by atomic mass is 9.95. The normalized spacial score (nSPS) is 12.6. The van der Waals surface area contributed by atoms with E-state index in [1.807, 2.05) is 20.8 Å². The van der Waals surface area contributed by atoms with E-state index in [1.165, 1.54) is 0 Å². The number of nitrogens with zero attached hydrogens (tertiary/aromatic N) is 4. The minimum Gasteiger partial charge on any atom is -0.481 e. The fraction of sp³-hybridized carbons (Fsp3) is 0.476. The van der Waals surface area contributed by atoms with Crippen molar-refractivity contribution in [2.45, 2.75) is 59.6 Å². The predicted octanol–water partition coefficient (Wildman–Crippen LogP) is 2.96. The van der Waals surface area contributed by atoms with Crippen molar-refractivity contribution >= 4 is 23.7 Å². The van der Waals surface area contributed by atoms with E-state index in [4.69, 9.17) is 9.84 Å². The van der Waals surface area contributed by atoms with Gasteiger partial charge in [-0.15, -0.1) is 20.4 Å². The zero-order valence-corrected chi connectivity index (χ0v) is 19.0. The summed E-state index contributed by atoms with van der Waals surface area (Å²) in [4.78, 5) is 35.3. The van der Waals surface area contributed by atoms with Crippen LogP contribution in [0.1, 0.15) is 59.8 Å². The molecule has 172 valence electrons. The second-order valence-corrected chi connectivity index (χ2v) is 9.16. The van der Waals surface area contributed by atoms with Gasteiger partial charge in [-0.3, -0.25) is 9.59 Å². The van der Waals surface area contributed by atoms with Gasteiger partial charge in [-0.2, -0.15) is 0 Å². The molecular formula is C21H28N6O5. The third-order valence-electron chi connectivity index (χ3n) is 3.96. The molecule has 1 aromatic heterocycles. The molecule has 0 saturated heterocycles. The SMILES string of the molecule is CC(C)(C)OC(=O)NC(CC(=O)O)c1nnc(-c2ccc(NC(=O)C(C)(C)C)cc2)nn1. The monoisotopic (exact) mass is 444 g/mol. The molecule has 0 radical (unpaired) electrons. The van der Waals surface area contributed by atoms with Crippen LogP contribution in [-0.2, 0) is 14.3 Å². The Kier molecular flexibility index (Phi) is 7.44. The number of nitrogens with one attached hydrogen (secondary N) is 2. The maximum Gasteiger partial charge on any atom is 0.408 e. The summed E-state index contributed by atoms with van der Waals surface area (Å²) >= 11 is 0. The second kappa shape index (κ2) is 9.67. The molecule has 0 fully saturated rings. The Labute approximate surface area is 186 Å². The van der Waals surface area contributed by atoms with Gasteiger partial charge in [0.2, 0.25) is 11.7 Å². The van der Waals surface area contributed by atoms with Gasteiger partial charge < -0.3 is 20.5 Å². The van der Waals surface area contributed by atoms with Crippen molar-refractivity contribution in [3.05, 3.63) is 30.1 Å². The zero-order chi connectivity index (χ0) is 24.1. The molecule has 0 bridgehead atoms. The first kappa shape index (κ1) is 24.6. The molecule has 0 saturated carbocycles. The summed E-state index contributed by atoms with van der Waals surface area (Å²) in [5.74, 6) is -1.13. The van der Waals surface area contributed by atoms with Crippen LogP contribution >= 0.6 is 0 Å². The number of benzene rings is 1. The molecule has 0 aliphatic carbocycles. The van der Waals surface area contributed by atoms with Gasteiger partial charge >= 0.3 is 12.1 Å². The number of aromatic nitrogens is 4. The standard InChI is InChI=1S/C21H28N6O5/c1-20(2,3)18(30)22-13-9-7-12(8-10-13)16-24-26-17(27-25-16)14(11-15(28)29)23-19(31)32-21(4,5)6/h7-10,14H,11H2,1-6H3,(H,22,30)(H,23,31)(H,28,29). The van der Waals surface area contributed by atoms with Gasteiger partial charge in [0.25, 0.3) is 0 Å². The van der Waals surface area contributed by atoms with Gasteiger partial charge in [-0.25, -0.2) is 4.79 Å². The molecule has 2 rings (SSSR count). The van der Waals surface area contributed by atoms with E-state index >= 15 is 0 Å². The number of rotatable bonds is 6. The van der Waals surface area contributed by atoms with E-state index < -0.39 is 35.5 Å². The van der Waals surface area contributed by atoms with Crippen LogP contribution in [-0.4, -0.2) is 49.1 Å². The smallest absolute Gasteiger partial charge is 0.408 e. The lowest BCUT2D eigenvalue weighted by Gasteiger charge is -2.22. The van der Waals surface area contributed by atoms with Crippen LogP contribution < -0.4 is 10.6 Å². The minimum atomic E-state index is -1.16. The third kappa shape index (κ3) is 7.56. The fourth-order valence-electron chi connectivity index (χ4n) is 2.34. The summed E-state index contributed by atoms with van der Waals surface area (Å²) in [6.45, 7) is 10.5. The first-order valence-corrected chi connectivity index (χ1v) is 9.95. The van der Waals surface area contributed by atoms with Crippen molar-refractivity contribution in [1.82, 2.24) is 25.7 Å². The quantitative estimate of drug-likeness (QED) is 0.609. The van der Waals surface area contributed by atoms with Crippen LogP contribution in [0, 0.1) is 5.41 Å². The number of carbonyl (C=O) groups is 3. The molecule has 2 aromatic rings. The second-order valence-electron chi connectivity index (χ2n) is 9.16. The maximum atomic E-state index is 12.1. The van der Waals surface area contributed by atoms with E-state index in [2.05, 4.69) is 31.0 Å². The zero-order valence-electron chi connectivity index (χ0n) is 19.0. The van der Waals surface area contributed by atoms with Crippen LogP contribution in [0.25, 0.3) is 11.4 Å². The molecule has 1 aromatic carbocycles. The number of ether oxygens (including phenoxy) is 1. The molecule has 1 unspecified atom stereocenters. The van der Waals surface area contributed by atoms with E-state index in [-0.39, 0.29) is 17.6 Å². The summed E-state index contributed by atoms with van der Waals surface area (Å²) in [6.07, 6.45) is -1.27. The average molecular weight is 444 g/mol. The Balaban J connectivity index is 2.14. The Morgan fingerprint density at radius 3 is 2.00 bits per heavy atom. The van der Waals surface area contributed by atoms with E-state index in [0.717, 1.165) is 0 Å². The van der Waals surface area contributed by atoms with Gasteiger partial charge in [0, 0.05) is 16.7 Å². The first-order valence-electron chi connectivity index (χ1n) is 9.95. The molecule has 11 nitrogen and oxygen atoms in total. The molecule has 3 N–H and O–H groups in total. The van der Waals surface area contributed by atoms with Crippen LogP contribution in [0.2, 0.25) is 0 Å². The highest BCUT2D eigenvalue weighted by molar-refractivity contribution is 5.94. The lowest BCUT2D eigenvalue weighted by Crippen LogP contribution is -2.36. The number of carboxylic acids is 1. The molecule has 1 heterocycles. The average Bonchev–Trinajstić information content (AvgIpc) is 2.65. The number of anilines is 1. The van der Waals surface area contributed by atoms with E-state index in [0.29, 0.717) is 11.3 Å².